The van der Waals surface area contributed by atoms with Crippen LogP contribution in [0.4, 0.5) is 0 Å². The maximum absolute atomic E-state index is 6.03. The summed E-state index contributed by atoms with van der Waals surface area (Å²) in [6, 6.07) is 14.4. The maximum atomic E-state index is 6.03. The minimum absolute atomic E-state index is 0.492. The van der Waals surface area contributed by atoms with Crippen molar-refractivity contribution in [3.8, 4) is 11.5 Å². The average Bonchev–Trinajstić information content (AvgIpc) is 2.50. The number of hydrogen-bond acceptors (Lipinski definition) is 3. The molecule has 0 bridgehead atoms. The first-order chi connectivity index (χ1) is 10.3. The molecule has 0 radical (unpaired) electrons. The third-order valence-corrected chi connectivity index (χ3v) is 4.27. The summed E-state index contributed by atoms with van der Waals surface area (Å²) in [5.74, 6) is 2.75. The van der Waals surface area contributed by atoms with Gasteiger partial charge in [0.2, 0.25) is 0 Å². The average molecular weight is 301 g/mol. The zero-order valence-electron chi connectivity index (χ0n) is 12.8. The van der Waals surface area contributed by atoms with Crippen LogP contribution in [0.2, 0.25) is 0 Å². The molecule has 2 N–H and O–H groups in total. The van der Waals surface area contributed by atoms with Gasteiger partial charge in [0.05, 0.1) is 0 Å². The fourth-order valence-corrected chi connectivity index (χ4v) is 3.12. The molecule has 2 nitrogen and oxygen atoms in total. The van der Waals surface area contributed by atoms with Crippen LogP contribution in [-0.4, -0.2) is 5.75 Å². The highest BCUT2D eigenvalue weighted by Crippen LogP contribution is 2.32. The summed E-state index contributed by atoms with van der Waals surface area (Å²) in [4.78, 5) is 1.21. The van der Waals surface area contributed by atoms with Gasteiger partial charge in [-0.2, -0.15) is 0 Å². The van der Waals surface area contributed by atoms with E-state index < -0.39 is 0 Å². The number of nitrogens with two attached hydrogens (primary N) is 1. The van der Waals surface area contributed by atoms with E-state index in [9.17, 15) is 0 Å². The lowest BCUT2D eigenvalue weighted by atomic mass is 10.1. The lowest BCUT2D eigenvalue weighted by molar-refractivity contribution is 0.474. The molecule has 0 aliphatic rings. The number of hydrogen-bond donors (Lipinski definition) is 1. The highest BCUT2D eigenvalue weighted by molar-refractivity contribution is 7.99. The van der Waals surface area contributed by atoms with E-state index in [0.717, 1.165) is 35.7 Å². The van der Waals surface area contributed by atoms with E-state index in [1.807, 2.05) is 24.3 Å². The fourth-order valence-electron chi connectivity index (χ4n) is 2.27. The van der Waals surface area contributed by atoms with Gasteiger partial charge in [0.1, 0.15) is 11.5 Å². The summed E-state index contributed by atoms with van der Waals surface area (Å²) in [7, 11) is 0. The predicted octanol–water partition coefficient (Wildman–Crippen LogP) is 5.00. The van der Waals surface area contributed by atoms with E-state index in [0.29, 0.717) is 6.54 Å². The Balaban J connectivity index is 2.20. The van der Waals surface area contributed by atoms with Crippen molar-refractivity contribution in [3.63, 3.8) is 0 Å². The molecule has 0 spiro atoms. The molecular formula is C18H23NOS. The summed E-state index contributed by atoms with van der Waals surface area (Å²) in [5, 5.41) is 0. The molecule has 0 aliphatic heterocycles. The Bertz CT molecular complexity index is 566. The fraction of sp³-hybridized carbons (Fsp3) is 0.333. The molecule has 0 atom stereocenters. The number of benzene rings is 2. The monoisotopic (exact) mass is 301 g/mol. The standard InChI is InChI=1S/C18H23NOS/c1-3-6-14-9-11-15(12-10-14)20-17-7-5-8-18(21-4-2)16(17)13-19/h5,7-12H,3-4,6,13,19H2,1-2H3. The van der Waals surface area contributed by atoms with E-state index in [1.54, 1.807) is 11.8 Å². The van der Waals surface area contributed by atoms with Crippen LogP contribution >= 0.6 is 11.8 Å². The van der Waals surface area contributed by atoms with Gasteiger partial charge in [0.15, 0.2) is 0 Å². The zero-order chi connectivity index (χ0) is 15.1. The molecule has 0 saturated heterocycles. The van der Waals surface area contributed by atoms with Crippen molar-refractivity contribution in [1.29, 1.82) is 0 Å². The highest BCUT2D eigenvalue weighted by Gasteiger charge is 2.09. The van der Waals surface area contributed by atoms with E-state index in [4.69, 9.17) is 10.5 Å². The van der Waals surface area contributed by atoms with Crippen molar-refractivity contribution in [2.75, 3.05) is 5.75 Å². The summed E-state index contributed by atoms with van der Waals surface area (Å²) in [5.41, 5.74) is 8.34. The van der Waals surface area contributed by atoms with Gasteiger partial charge in [-0.3, -0.25) is 0 Å². The normalized spacial score (nSPS) is 10.6. The Kier molecular flexibility index (Phi) is 6.15. The zero-order valence-corrected chi connectivity index (χ0v) is 13.6. The summed E-state index contributed by atoms with van der Waals surface area (Å²) in [6.07, 6.45) is 2.27. The third kappa shape index (κ3) is 4.26. The van der Waals surface area contributed by atoms with Gasteiger partial charge >= 0.3 is 0 Å². The molecular weight excluding hydrogens is 278 g/mol. The SMILES string of the molecule is CCCc1ccc(Oc2cccc(SCC)c2CN)cc1. The maximum Gasteiger partial charge on any atom is 0.133 e. The summed E-state index contributed by atoms with van der Waals surface area (Å²) in [6.45, 7) is 4.83. The van der Waals surface area contributed by atoms with Crippen LogP contribution in [0.1, 0.15) is 31.4 Å². The topological polar surface area (TPSA) is 35.2 Å². The first-order valence-corrected chi connectivity index (χ1v) is 8.48. The molecule has 0 fully saturated rings. The molecule has 0 saturated carbocycles. The summed E-state index contributed by atoms with van der Waals surface area (Å²) >= 11 is 1.80. The molecule has 0 aromatic heterocycles. The Morgan fingerprint density at radius 1 is 1.05 bits per heavy atom. The van der Waals surface area contributed by atoms with Crippen molar-refractivity contribution >= 4 is 11.8 Å². The largest absolute Gasteiger partial charge is 0.457 e. The molecule has 2 aromatic rings. The van der Waals surface area contributed by atoms with Crippen molar-refractivity contribution in [2.45, 2.75) is 38.1 Å². The van der Waals surface area contributed by atoms with Gasteiger partial charge in [-0.25, -0.2) is 0 Å². The third-order valence-electron chi connectivity index (χ3n) is 3.28. The lowest BCUT2D eigenvalue weighted by Crippen LogP contribution is -2.01. The first kappa shape index (κ1) is 15.9. The van der Waals surface area contributed by atoms with E-state index in [2.05, 4.69) is 32.0 Å². The molecule has 0 heterocycles. The molecule has 112 valence electrons. The van der Waals surface area contributed by atoms with Gasteiger partial charge in [-0.05, 0) is 42.0 Å². The van der Waals surface area contributed by atoms with Crippen molar-refractivity contribution in [2.24, 2.45) is 5.73 Å². The van der Waals surface area contributed by atoms with Crippen LogP contribution in [0, 0.1) is 0 Å². The number of thioether (sulfide) groups is 1. The van der Waals surface area contributed by atoms with Crippen LogP contribution in [0.15, 0.2) is 47.4 Å². The van der Waals surface area contributed by atoms with Crippen molar-refractivity contribution in [3.05, 3.63) is 53.6 Å². The quantitative estimate of drug-likeness (QED) is 0.731. The first-order valence-electron chi connectivity index (χ1n) is 7.50. The number of rotatable bonds is 7. The second-order valence-corrected chi connectivity index (χ2v) is 6.17. The van der Waals surface area contributed by atoms with Gasteiger partial charge in [0, 0.05) is 17.0 Å². The summed E-state index contributed by atoms with van der Waals surface area (Å²) < 4.78 is 6.03. The van der Waals surface area contributed by atoms with Gasteiger partial charge in [-0.15, -0.1) is 11.8 Å². The molecule has 0 unspecified atom stereocenters. The Labute approximate surface area is 131 Å². The van der Waals surface area contributed by atoms with E-state index >= 15 is 0 Å². The van der Waals surface area contributed by atoms with Crippen molar-refractivity contribution < 1.29 is 4.74 Å². The second kappa shape index (κ2) is 8.11. The number of aryl methyl sites for hydroxylation is 1. The van der Waals surface area contributed by atoms with Crippen LogP contribution in [0.3, 0.4) is 0 Å². The highest BCUT2D eigenvalue weighted by atomic mass is 32.2. The second-order valence-electron chi connectivity index (χ2n) is 4.87. The van der Waals surface area contributed by atoms with Crippen LogP contribution in [0.25, 0.3) is 0 Å². The predicted molar refractivity (Wildman–Crippen MR) is 91.2 cm³/mol. The molecule has 0 aliphatic carbocycles. The molecule has 3 heteroatoms. The molecule has 21 heavy (non-hydrogen) atoms. The minimum Gasteiger partial charge on any atom is -0.457 e. The Hall–Kier alpha value is -1.45. The van der Waals surface area contributed by atoms with Crippen molar-refractivity contribution in [1.82, 2.24) is 0 Å². The minimum atomic E-state index is 0.492. The van der Waals surface area contributed by atoms with Crippen LogP contribution in [0.5, 0.6) is 11.5 Å². The van der Waals surface area contributed by atoms with Crippen LogP contribution in [-0.2, 0) is 13.0 Å². The van der Waals surface area contributed by atoms with E-state index in [-0.39, 0.29) is 0 Å². The molecule has 2 rings (SSSR count). The Morgan fingerprint density at radius 3 is 2.43 bits per heavy atom. The van der Waals surface area contributed by atoms with Gasteiger partial charge in [0.25, 0.3) is 0 Å². The molecule has 2 aromatic carbocycles. The smallest absolute Gasteiger partial charge is 0.133 e. The lowest BCUT2D eigenvalue weighted by Gasteiger charge is -2.14. The molecule has 0 amide bonds. The Morgan fingerprint density at radius 2 is 1.81 bits per heavy atom. The van der Waals surface area contributed by atoms with E-state index in [1.165, 1.54) is 10.5 Å². The number of ether oxygens (including phenoxy) is 1. The van der Waals surface area contributed by atoms with Gasteiger partial charge in [-0.1, -0.05) is 38.5 Å². The van der Waals surface area contributed by atoms with Crippen LogP contribution < -0.4 is 10.5 Å². The van der Waals surface area contributed by atoms with Gasteiger partial charge < -0.3 is 10.5 Å².